The Morgan fingerprint density at radius 3 is 2.48 bits per heavy atom. The van der Waals surface area contributed by atoms with Crippen LogP contribution in [0.4, 0.5) is 0 Å². The Hall–Kier alpha value is -3.81. The molecule has 8 nitrogen and oxygen atoms in total. The quantitative estimate of drug-likeness (QED) is 0.488. The van der Waals surface area contributed by atoms with Crippen LogP contribution < -0.4 is 0 Å². The van der Waals surface area contributed by atoms with Crippen molar-refractivity contribution in [2.45, 2.75) is 20.0 Å². The van der Waals surface area contributed by atoms with Crippen molar-refractivity contribution >= 4 is 5.97 Å². The second kappa shape index (κ2) is 7.67. The summed E-state index contributed by atoms with van der Waals surface area (Å²) in [6.07, 6.45) is 1.09. The fourth-order valence-corrected chi connectivity index (χ4v) is 3.13. The van der Waals surface area contributed by atoms with E-state index in [4.69, 9.17) is 9.84 Å². The average Bonchev–Trinajstić information content (AvgIpc) is 3.35. The van der Waals surface area contributed by atoms with Crippen LogP contribution >= 0.6 is 0 Å². The number of hydrogen-bond acceptors (Lipinski definition) is 6. The van der Waals surface area contributed by atoms with Gasteiger partial charge in [0.1, 0.15) is 11.3 Å². The lowest BCUT2D eigenvalue weighted by atomic mass is 10.0. The van der Waals surface area contributed by atoms with Crippen LogP contribution in [-0.2, 0) is 11.8 Å². The lowest BCUT2D eigenvalue weighted by molar-refractivity contribution is 0.0313. The van der Waals surface area contributed by atoms with Gasteiger partial charge in [0.2, 0.25) is 0 Å². The van der Waals surface area contributed by atoms with Gasteiger partial charge in [-0.1, -0.05) is 42.5 Å². The molecule has 0 radical (unpaired) electrons. The maximum atomic E-state index is 13.1. The molecule has 0 aliphatic heterocycles. The van der Waals surface area contributed by atoms with E-state index in [0.717, 1.165) is 16.8 Å². The fraction of sp³-hybridized carbons (Fsp3) is 0.190. The molecular weight excluding hydrogens is 368 g/mol. The molecule has 1 atom stereocenters. The molecule has 8 heteroatoms. The van der Waals surface area contributed by atoms with Crippen molar-refractivity contribution in [2.24, 2.45) is 7.05 Å². The van der Waals surface area contributed by atoms with Crippen LogP contribution in [0.15, 0.2) is 60.8 Å². The molecule has 0 aliphatic rings. The summed E-state index contributed by atoms with van der Waals surface area (Å²) >= 11 is 0. The smallest absolute Gasteiger partial charge is 0.342 e. The summed E-state index contributed by atoms with van der Waals surface area (Å²) in [5.74, 6) is -0.0211. The molecule has 0 N–H and O–H groups in total. The molecule has 4 rings (SSSR count). The summed E-state index contributed by atoms with van der Waals surface area (Å²) < 4.78 is 8.82. The number of benzene rings is 2. The van der Waals surface area contributed by atoms with E-state index < -0.39 is 12.1 Å². The Kier molecular flexibility index (Phi) is 4.90. The number of carbonyl (C=O) groups is 1. The van der Waals surface area contributed by atoms with Gasteiger partial charge in [0.05, 0.1) is 5.69 Å². The van der Waals surface area contributed by atoms with Gasteiger partial charge in [-0.2, -0.15) is 5.10 Å². The van der Waals surface area contributed by atoms with Crippen LogP contribution in [0.25, 0.3) is 16.9 Å². The number of rotatable bonds is 5. The Labute approximate surface area is 167 Å². The summed E-state index contributed by atoms with van der Waals surface area (Å²) in [6.45, 7) is 3.72. The van der Waals surface area contributed by atoms with Gasteiger partial charge < -0.3 is 4.74 Å². The largest absolute Gasteiger partial charge is 0.451 e. The number of ether oxygens (including phenoxy) is 1. The van der Waals surface area contributed by atoms with Crippen LogP contribution in [0.1, 0.15) is 34.8 Å². The molecule has 2 aromatic carbocycles. The zero-order valence-corrected chi connectivity index (χ0v) is 16.4. The van der Waals surface area contributed by atoms with E-state index in [9.17, 15) is 4.79 Å². The van der Waals surface area contributed by atoms with Gasteiger partial charge >= 0.3 is 5.97 Å². The monoisotopic (exact) mass is 388 g/mol. The fourth-order valence-electron chi connectivity index (χ4n) is 3.13. The molecule has 2 aromatic heterocycles. The zero-order chi connectivity index (χ0) is 20.4. The minimum atomic E-state index is -0.604. The highest BCUT2D eigenvalue weighted by atomic mass is 16.5. The van der Waals surface area contributed by atoms with Crippen molar-refractivity contribution < 1.29 is 9.53 Å². The summed E-state index contributed by atoms with van der Waals surface area (Å²) in [4.78, 5) is 13.1. The Morgan fingerprint density at radius 1 is 1.07 bits per heavy atom. The zero-order valence-electron chi connectivity index (χ0n) is 16.4. The number of nitrogens with zero attached hydrogens (tertiary/aromatic N) is 6. The van der Waals surface area contributed by atoms with Crippen LogP contribution in [-0.4, -0.2) is 36.0 Å². The normalized spacial score (nSPS) is 12.0. The molecule has 2 heterocycles. The highest BCUT2D eigenvalue weighted by Crippen LogP contribution is 2.28. The molecule has 0 fully saturated rings. The van der Waals surface area contributed by atoms with E-state index in [1.54, 1.807) is 24.9 Å². The number of para-hydroxylation sites is 1. The third kappa shape index (κ3) is 3.64. The molecule has 0 amide bonds. The van der Waals surface area contributed by atoms with Gasteiger partial charge in [-0.05, 0) is 42.0 Å². The lowest BCUT2D eigenvalue weighted by Gasteiger charge is -2.11. The molecule has 0 unspecified atom stereocenters. The maximum Gasteiger partial charge on any atom is 0.342 e. The standard InChI is InChI=1S/C21H20N6O2/c1-14-9-7-8-12-17(14)19-18(13-27(23-19)16-10-5-4-6-11-16)21(28)29-15(2)20-22-24-25-26(20)3/h4-13,15H,1-3H3/t15-/m1/s1. The van der Waals surface area contributed by atoms with E-state index in [2.05, 4.69) is 15.5 Å². The van der Waals surface area contributed by atoms with Gasteiger partial charge in [0, 0.05) is 18.8 Å². The van der Waals surface area contributed by atoms with Gasteiger partial charge in [-0.3, -0.25) is 0 Å². The predicted octanol–water partition coefficient (Wildman–Crippen LogP) is 3.29. The number of aromatic nitrogens is 6. The topological polar surface area (TPSA) is 87.7 Å². The van der Waals surface area contributed by atoms with Crippen LogP contribution in [0.2, 0.25) is 0 Å². The van der Waals surface area contributed by atoms with Gasteiger partial charge in [-0.25, -0.2) is 14.2 Å². The number of carbonyl (C=O) groups excluding carboxylic acids is 1. The van der Waals surface area contributed by atoms with Crippen molar-refractivity contribution in [1.29, 1.82) is 0 Å². The minimum Gasteiger partial charge on any atom is -0.451 e. The summed E-state index contributed by atoms with van der Waals surface area (Å²) in [5, 5.41) is 16.0. The molecule has 0 spiro atoms. The van der Waals surface area contributed by atoms with E-state index in [1.165, 1.54) is 4.68 Å². The van der Waals surface area contributed by atoms with E-state index in [1.807, 2.05) is 61.5 Å². The molecule has 0 saturated heterocycles. The number of aryl methyl sites for hydroxylation is 2. The Bertz CT molecular complexity index is 1150. The molecule has 4 aromatic rings. The second-order valence-corrected chi connectivity index (χ2v) is 6.69. The third-order valence-corrected chi connectivity index (χ3v) is 4.66. The van der Waals surface area contributed by atoms with E-state index >= 15 is 0 Å². The van der Waals surface area contributed by atoms with Crippen molar-refractivity contribution in [3.8, 4) is 16.9 Å². The first-order valence-corrected chi connectivity index (χ1v) is 9.19. The van der Waals surface area contributed by atoms with Crippen molar-refractivity contribution in [3.63, 3.8) is 0 Å². The SMILES string of the molecule is Cc1ccccc1-c1nn(-c2ccccc2)cc1C(=O)O[C@H](C)c1nnnn1C. The van der Waals surface area contributed by atoms with Gasteiger partial charge in [0.15, 0.2) is 11.9 Å². The Morgan fingerprint density at radius 2 is 1.79 bits per heavy atom. The van der Waals surface area contributed by atoms with E-state index in [0.29, 0.717) is 17.1 Å². The highest BCUT2D eigenvalue weighted by Gasteiger charge is 2.24. The molecule has 0 aliphatic carbocycles. The first-order valence-electron chi connectivity index (χ1n) is 9.19. The van der Waals surface area contributed by atoms with Crippen LogP contribution in [0, 0.1) is 6.92 Å². The molecule has 0 saturated carbocycles. The van der Waals surface area contributed by atoms with Crippen LogP contribution in [0.3, 0.4) is 0 Å². The minimum absolute atomic E-state index is 0.380. The predicted molar refractivity (Wildman–Crippen MR) is 106 cm³/mol. The van der Waals surface area contributed by atoms with Crippen molar-refractivity contribution in [3.05, 3.63) is 77.7 Å². The van der Waals surface area contributed by atoms with Crippen LogP contribution in [0.5, 0.6) is 0 Å². The maximum absolute atomic E-state index is 13.1. The highest BCUT2D eigenvalue weighted by molar-refractivity contribution is 5.96. The van der Waals surface area contributed by atoms with Gasteiger partial charge in [-0.15, -0.1) is 5.10 Å². The number of esters is 1. The summed E-state index contributed by atoms with van der Waals surface area (Å²) in [7, 11) is 1.70. The average molecular weight is 388 g/mol. The van der Waals surface area contributed by atoms with Gasteiger partial charge in [0.25, 0.3) is 0 Å². The lowest BCUT2D eigenvalue weighted by Crippen LogP contribution is -2.13. The number of tetrazole rings is 1. The molecular formula is C21H20N6O2. The molecule has 146 valence electrons. The first-order chi connectivity index (χ1) is 14.0. The summed E-state index contributed by atoms with van der Waals surface area (Å²) in [6, 6.07) is 17.4. The Balaban J connectivity index is 1.75. The van der Waals surface area contributed by atoms with E-state index in [-0.39, 0.29) is 0 Å². The third-order valence-electron chi connectivity index (χ3n) is 4.66. The molecule has 0 bridgehead atoms. The van der Waals surface area contributed by atoms with Crippen molar-refractivity contribution in [1.82, 2.24) is 30.0 Å². The van der Waals surface area contributed by atoms with Crippen molar-refractivity contribution in [2.75, 3.05) is 0 Å². The second-order valence-electron chi connectivity index (χ2n) is 6.69. The number of hydrogen-bond donors (Lipinski definition) is 0. The first kappa shape index (κ1) is 18.5. The summed E-state index contributed by atoms with van der Waals surface area (Å²) in [5.41, 5.74) is 3.70. The molecule has 29 heavy (non-hydrogen) atoms.